The summed E-state index contributed by atoms with van der Waals surface area (Å²) in [6.45, 7) is 2.03. The Hall–Kier alpha value is -4.28. The maximum atomic E-state index is 13.3. The van der Waals surface area contributed by atoms with Crippen LogP contribution in [0.5, 0.6) is 17.2 Å². The van der Waals surface area contributed by atoms with E-state index in [1.54, 1.807) is 17.0 Å². The molecular weight excluding hydrogens is 528 g/mol. The Labute approximate surface area is 239 Å². The molecule has 218 valence electrons. The molecule has 2 aromatic carbocycles. The number of carbonyl (C=O) groups is 4. The van der Waals surface area contributed by atoms with E-state index in [1.807, 2.05) is 29.2 Å². The SMILES string of the molecule is COc1ccc2cc1OCC(=O)NCc1ccc(cc1)O[C@H]1CN(C(=O)CCCN3CCCCC3=O)C[C@@H]1NC2=O. The quantitative estimate of drug-likeness (QED) is 0.568. The molecule has 11 nitrogen and oxygen atoms in total. The number of likely N-dealkylation sites (tertiary alicyclic amines) is 2. The molecule has 4 amide bonds. The van der Waals surface area contributed by atoms with Crippen LogP contribution in [0.4, 0.5) is 0 Å². The van der Waals surface area contributed by atoms with Gasteiger partial charge in [-0.2, -0.15) is 0 Å². The third-order valence-electron chi connectivity index (χ3n) is 7.66. The lowest BCUT2D eigenvalue weighted by molar-refractivity contribution is -0.135. The number of nitrogens with zero attached hydrogens (tertiary/aromatic N) is 2. The molecule has 11 heteroatoms. The van der Waals surface area contributed by atoms with Crippen molar-refractivity contribution < 1.29 is 33.4 Å². The Balaban J connectivity index is 1.31. The molecular formula is C30H36N4O7. The lowest BCUT2D eigenvalue weighted by atomic mass is 10.1. The molecule has 2 N–H and O–H groups in total. The van der Waals surface area contributed by atoms with Crippen LogP contribution in [-0.2, 0) is 20.9 Å². The maximum absolute atomic E-state index is 13.3. The van der Waals surface area contributed by atoms with Crippen LogP contribution in [0.2, 0.25) is 0 Å². The van der Waals surface area contributed by atoms with Gasteiger partial charge in [-0.25, -0.2) is 0 Å². The average Bonchev–Trinajstić information content (AvgIpc) is 3.37. The van der Waals surface area contributed by atoms with E-state index in [0.29, 0.717) is 62.5 Å². The van der Waals surface area contributed by atoms with E-state index in [2.05, 4.69) is 10.6 Å². The Morgan fingerprint density at radius 1 is 1.07 bits per heavy atom. The van der Waals surface area contributed by atoms with Crippen LogP contribution >= 0.6 is 0 Å². The van der Waals surface area contributed by atoms with Crippen molar-refractivity contribution in [1.82, 2.24) is 20.4 Å². The maximum Gasteiger partial charge on any atom is 0.258 e. The molecule has 4 heterocycles. The molecule has 0 spiro atoms. The van der Waals surface area contributed by atoms with Gasteiger partial charge in [-0.1, -0.05) is 12.1 Å². The Kier molecular flexibility index (Phi) is 8.91. The lowest BCUT2D eigenvalue weighted by Gasteiger charge is -2.26. The molecule has 0 aliphatic carbocycles. The van der Waals surface area contributed by atoms with Gasteiger partial charge in [0.05, 0.1) is 19.7 Å². The van der Waals surface area contributed by atoms with Crippen molar-refractivity contribution in [2.45, 2.75) is 50.8 Å². The van der Waals surface area contributed by atoms with Crippen LogP contribution < -0.4 is 24.8 Å². The van der Waals surface area contributed by atoms with Gasteiger partial charge in [0.25, 0.3) is 11.8 Å². The second-order valence-electron chi connectivity index (χ2n) is 10.6. The third-order valence-corrected chi connectivity index (χ3v) is 7.66. The van der Waals surface area contributed by atoms with E-state index in [9.17, 15) is 19.2 Å². The van der Waals surface area contributed by atoms with E-state index < -0.39 is 12.1 Å². The van der Waals surface area contributed by atoms with Gasteiger partial charge in [-0.05, 0) is 55.2 Å². The minimum Gasteiger partial charge on any atom is -0.493 e. The van der Waals surface area contributed by atoms with Gasteiger partial charge < -0.3 is 34.6 Å². The first-order valence-corrected chi connectivity index (χ1v) is 14.1. The topological polar surface area (TPSA) is 127 Å². The van der Waals surface area contributed by atoms with E-state index in [-0.39, 0.29) is 36.0 Å². The molecule has 4 aliphatic heterocycles. The molecule has 4 bridgehead atoms. The van der Waals surface area contributed by atoms with E-state index in [0.717, 1.165) is 24.9 Å². The zero-order chi connectivity index (χ0) is 28.8. The first-order valence-electron chi connectivity index (χ1n) is 14.1. The summed E-state index contributed by atoms with van der Waals surface area (Å²) in [5.74, 6) is 0.716. The highest BCUT2D eigenvalue weighted by Gasteiger charge is 2.38. The molecule has 2 atom stereocenters. The molecule has 0 saturated carbocycles. The van der Waals surface area contributed by atoms with Crippen molar-refractivity contribution in [2.24, 2.45) is 0 Å². The van der Waals surface area contributed by atoms with Gasteiger partial charge in [0.2, 0.25) is 11.8 Å². The number of carbonyl (C=O) groups excluding carboxylic acids is 4. The highest BCUT2D eigenvalue weighted by Crippen LogP contribution is 2.29. The minimum atomic E-state index is -0.471. The Bertz CT molecular complexity index is 1280. The predicted molar refractivity (Wildman–Crippen MR) is 149 cm³/mol. The zero-order valence-electron chi connectivity index (χ0n) is 23.2. The van der Waals surface area contributed by atoms with Crippen molar-refractivity contribution >= 4 is 23.6 Å². The van der Waals surface area contributed by atoms with Gasteiger partial charge in [0, 0.05) is 44.6 Å². The van der Waals surface area contributed by atoms with Crippen molar-refractivity contribution in [3.63, 3.8) is 0 Å². The molecule has 2 fully saturated rings. The largest absolute Gasteiger partial charge is 0.493 e. The number of nitrogens with one attached hydrogen (secondary N) is 2. The van der Waals surface area contributed by atoms with Gasteiger partial charge in [-0.3, -0.25) is 19.2 Å². The van der Waals surface area contributed by atoms with Crippen LogP contribution in [0.3, 0.4) is 0 Å². The summed E-state index contributed by atoms with van der Waals surface area (Å²) in [7, 11) is 1.48. The number of rotatable bonds is 5. The molecule has 0 unspecified atom stereocenters. The summed E-state index contributed by atoms with van der Waals surface area (Å²) in [5.41, 5.74) is 1.21. The van der Waals surface area contributed by atoms with Gasteiger partial charge >= 0.3 is 0 Å². The second kappa shape index (κ2) is 12.9. The highest BCUT2D eigenvalue weighted by atomic mass is 16.5. The normalized spacial score (nSPS) is 21.2. The molecule has 6 rings (SSSR count). The molecule has 4 aliphatic rings. The van der Waals surface area contributed by atoms with Gasteiger partial charge in [-0.15, -0.1) is 0 Å². The number of hydrogen-bond donors (Lipinski definition) is 2. The Morgan fingerprint density at radius 3 is 2.68 bits per heavy atom. The number of methoxy groups -OCH3 is 1. The number of fused-ring (bicyclic) bond motifs is 7. The Morgan fingerprint density at radius 2 is 1.90 bits per heavy atom. The number of amides is 4. The number of hydrogen-bond acceptors (Lipinski definition) is 7. The third kappa shape index (κ3) is 7.08. The first kappa shape index (κ1) is 28.3. The summed E-state index contributed by atoms with van der Waals surface area (Å²) in [5, 5.41) is 5.84. The summed E-state index contributed by atoms with van der Waals surface area (Å²) in [6.07, 6.45) is 2.96. The van der Waals surface area contributed by atoms with Crippen LogP contribution in [0, 0.1) is 0 Å². The van der Waals surface area contributed by atoms with Gasteiger partial charge in [0.15, 0.2) is 18.1 Å². The van der Waals surface area contributed by atoms with Crippen LogP contribution in [0.15, 0.2) is 42.5 Å². The monoisotopic (exact) mass is 564 g/mol. The minimum absolute atomic E-state index is 0.0341. The summed E-state index contributed by atoms with van der Waals surface area (Å²) < 4.78 is 17.3. The van der Waals surface area contributed by atoms with Crippen LogP contribution in [-0.4, -0.2) is 85.5 Å². The molecule has 2 saturated heterocycles. The fraction of sp³-hybridized carbons (Fsp3) is 0.467. The van der Waals surface area contributed by atoms with Crippen LogP contribution in [0.1, 0.15) is 48.0 Å². The average molecular weight is 565 g/mol. The van der Waals surface area contributed by atoms with Gasteiger partial charge in [0.1, 0.15) is 11.9 Å². The number of piperidine rings is 1. The van der Waals surface area contributed by atoms with Crippen LogP contribution in [0.25, 0.3) is 0 Å². The van der Waals surface area contributed by atoms with E-state index in [4.69, 9.17) is 14.2 Å². The molecule has 2 aromatic rings. The van der Waals surface area contributed by atoms with Crippen molar-refractivity contribution in [2.75, 3.05) is 39.9 Å². The molecule has 41 heavy (non-hydrogen) atoms. The smallest absolute Gasteiger partial charge is 0.258 e. The number of ether oxygens (including phenoxy) is 3. The summed E-state index contributed by atoms with van der Waals surface area (Å²) in [6, 6.07) is 11.6. The highest BCUT2D eigenvalue weighted by molar-refractivity contribution is 5.95. The molecule has 0 radical (unpaired) electrons. The van der Waals surface area contributed by atoms with Crippen molar-refractivity contribution in [1.29, 1.82) is 0 Å². The lowest BCUT2D eigenvalue weighted by Crippen LogP contribution is -2.45. The van der Waals surface area contributed by atoms with Crippen molar-refractivity contribution in [3.05, 3.63) is 53.6 Å². The number of benzene rings is 2. The fourth-order valence-electron chi connectivity index (χ4n) is 5.35. The zero-order valence-corrected chi connectivity index (χ0v) is 23.2. The van der Waals surface area contributed by atoms with Crippen molar-refractivity contribution in [3.8, 4) is 17.2 Å². The summed E-state index contributed by atoms with van der Waals surface area (Å²) >= 11 is 0. The molecule has 0 aromatic heterocycles. The second-order valence-corrected chi connectivity index (χ2v) is 10.6. The van der Waals surface area contributed by atoms with E-state index in [1.165, 1.54) is 13.2 Å². The van der Waals surface area contributed by atoms with E-state index >= 15 is 0 Å². The fourth-order valence-corrected chi connectivity index (χ4v) is 5.35. The summed E-state index contributed by atoms with van der Waals surface area (Å²) in [4.78, 5) is 54.5. The first-order chi connectivity index (χ1) is 19.9. The predicted octanol–water partition coefficient (Wildman–Crippen LogP) is 1.88. The standard InChI is InChI=1S/C30H36N4O7/c1-39-24-12-9-21-15-25(24)40-19-27(35)31-16-20-7-10-22(11-8-20)41-26-18-34(17-23(26)32-30(21)38)29(37)6-4-14-33-13-3-2-5-28(33)36/h7-12,15,23,26H,2-6,13-14,16-19H2,1H3,(H,31,35)(H,32,38)/t23-,26-/m0/s1.